The highest BCUT2D eigenvalue weighted by atomic mass is 32.2. The first-order valence-corrected chi connectivity index (χ1v) is 10.3. The molecule has 3 heteroatoms. The van der Waals surface area contributed by atoms with Gasteiger partial charge in [0.05, 0.1) is 21.8 Å². The molecule has 0 heterocycles. The van der Waals surface area contributed by atoms with Gasteiger partial charge in [0.1, 0.15) is 0 Å². The van der Waals surface area contributed by atoms with E-state index in [1.54, 1.807) is 0 Å². The van der Waals surface area contributed by atoms with Gasteiger partial charge in [-0.2, -0.15) is 0 Å². The lowest BCUT2D eigenvalue weighted by atomic mass is 10.1. The Hall–Kier alpha value is -2.49. The van der Waals surface area contributed by atoms with Gasteiger partial charge in [-0.1, -0.05) is 78.4 Å². The molecule has 0 aliphatic heterocycles. The zero-order valence-corrected chi connectivity index (χ0v) is 16.2. The molecule has 138 valence electrons. The van der Waals surface area contributed by atoms with Crippen LogP contribution in [0.2, 0.25) is 0 Å². The number of aliphatic hydroxyl groups excluding tert-OH is 1. The largest absolute Gasteiger partial charge is 0.388 e. The molecule has 2 nitrogen and oxygen atoms in total. The molecular weight excluding hydrogens is 352 g/mol. The fraction of sp³-hybridized carbons (Fsp3) is 0.167. The third-order valence-corrected chi connectivity index (χ3v) is 5.95. The van der Waals surface area contributed by atoms with Gasteiger partial charge in [-0.15, -0.1) is 0 Å². The standard InChI is InChI=1S/C24H24O2S/c1-19-12-15-22(16-13-19)27(26)24(18-21-10-6-3-7-11-21)23(25)17-14-20-8-4-2-5-9-20/h2-13,15-16,18,23,25H,14,17H2,1H3/b24-18+/t23-,27?/m0/s1. The first-order valence-electron chi connectivity index (χ1n) is 9.10. The fourth-order valence-corrected chi connectivity index (χ4v) is 4.14. The van der Waals surface area contributed by atoms with Gasteiger partial charge < -0.3 is 5.11 Å². The molecule has 0 aromatic heterocycles. The van der Waals surface area contributed by atoms with E-state index in [4.69, 9.17) is 0 Å². The second-order valence-electron chi connectivity index (χ2n) is 6.58. The predicted octanol–water partition coefficient (Wildman–Crippen LogP) is 5.14. The molecule has 3 aromatic carbocycles. The molecule has 0 amide bonds. The summed E-state index contributed by atoms with van der Waals surface area (Å²) in [5.74, 6) is 0. The molecule has 0 aliphatic carbocycles. The summed E-state index contributed by atoms with van der Waals surface area (Å²) in [5.41, 5.74) is 3.22. The van der Waals surface area contributed by atoms with E-state index in [0.29, 0.717) is 16.2 Å². The number of aryl methyl sites for hydroxylation is 2. The Balaban J connectivity index is 1.86. The Morgan fingerprint density at radius 1 is 0.926 bits per heavy atom. The lowest BCUT2D eigenvalue weighted by molar-refractivity contribution is 0.209. The summed E-state index contributed by atoms with van der Waals surface area (Å²) in [6.07, 6.45) is 2.35. The number of hydrogen-bond acceptors (Lipinski definition) is 2. The van der Waals surface area contributed by atoms with Crippen LogP contribution in [0.3, 0.4) is 0 Å². The van der Waals surface area contributed by atoms with Crippen LogP contribution in [0.15, 0.2) is 94.7 Å². The Kier molecular flexibility index (Phi) is 6.74. The first kappa shape index (κ1) is 19.3. The third-order valence-electron chi connectivity index (χ3n) is 4.44. The maximum atomic E-state index is 13.2. The lowest BCUT2D eigenvalue weighted by Crippen LogP contribution is -2.16. The average Bonchev–Trinajstić information content (AvgIpc) is 2.72. The summed E-state index contributed by atoms with van der Waals surface area (Å²) in [5, 5.41) is 10.9. The van der Waals surface area contributed by atoms with E-state index in [2.05, 4.69) is 0 Å². The van der Waals surface area contributed by atoms with Crippen LogP contribution >= 0.6 is 0 Å². The summed E-state index contributed by atoms with van der Waals surface area (Å²) >= 11 is 0. The molecule has 0 saturated carbocycles. The van der Waals surface area contributed by atoms with Crippen molar-refractivity contribution in [2.24, 2.45) is 0 Å². The number of benzene rings is 3. The van der Waals surface area contributed by atoms with E-state index in [9.17, 15) is 9.32 Å². The Morgan fingerprint density at radius 2 is 1.52 bits per heavy atom. The minimum Gasteiger partial charge on any atom is -0.388 e. The summed E-state index contributed by atoms with van der Waals surface area (Å²) in [6.45, 7) is 2.00. The molecule has 1 N–H and O–H groups in total. The topological polar surface area (TPSA) is 37.3 Å². The average molecular weight is 377 g/mol. The lowest BCUT2D eigenvalue weighted by Gasteiger charge is -2.16. The molecule has 0 spiro atoms. The maximum absolute atomic E-state index is 13.2. The molecule has 0 fully saturated rings. The first-order chi connectivity index (χ1) is 13.1. The fourth-order valence-electron chi connectivity index (χ4n) is 2.88. The number of rotatable bonds is 7. The normalized spacial score (nSPS) is 13.9. The van der Waals surface area contributed by atoms with E-state index in [1.165, 1.54) is 0 Å². The van der Waals surface area contributed by atoms with Crippen LogP contribution in [0.4, 0.5) is 0 Å². The number of aliphatic hydroxyl groups is 1. The molecule has 0 aliphatic rings. The SMILES string of the molecule is Cc1ccc(S(=O)/C(=C/c2ccccc2)[C@@H](O)CCc2ccccc2)cc1. The minimum absolute atomic E-state index is 0.528. The van der Waals surface area contributed by atoms with Gasteiger partial charge in [0.2, 0.25) is 0 Å². The Labute approximate surface area is 163 Å². The van der Waals surface area contributed by atoms with Crippen LogP contribution in [-0.2, 0) is 17.2 Å². The molecule has 1 unspecified atom stereocenters. The minimum atomic E-state index is -1.41. The van der Waals surface area contributed by atoms with E-state index in [1.807, 2.05) is 97.9 Å². The van der Waals surface area contributed by atoms with Crippen LogP contribution in [0.5, 0.6) is 0 Å². The summed E-state index contributed by atoms with van der Waals surface area (Å²) in [7, 11) is -1.41. The van der Waals surface area contributed by atoms with Crippen LogP contribution in [0.25, 0.3) is 6.08 Å². The van der Waals surface area contributed by atoms with Crippen molar-refractivity contribution >= 4 is 16.9 Å². The van der Waals surface area contributed by atoms with Crippen LogP contribution in [-0.4, -0.2) is 15.4 Å². The van der Waals surface area contributed by atoms with Crippen LogP contribution < -0.4 is 0 Å². The van der Waals surface area contributed by atoms with Crippen molar-refractivity contribution in [2.75, 3.05) is 0 Å². The van der Waals surface area contributed by atoms with Gasteiger partial charge in [0.25, 0.3) is 0 Å². The molecule has 3 aromatic rings. The van der Waals surface area contributed by atoms with E-state index in [0.717, 1.165) is 23.1 Å². The second-order valence-corrected chi connectivity index (χ2v) is 8.06. The highest BCUT2D eigenvalue weighted by Crippen LogP contribution is 2.23. The van der Waals surface area contributed by atoms with Crippen molar-refractivity contribution in [3.8, 4) is 0 Å². The highest BCUT2D eigenvalue weighted by Gasteiger charge is 2.19. The van der Waals surface area contributed by atoms with Crippen molar-refractivity contribution in [2.45, 2.75) is 30.8 Å². The molecular formula is C24H24O2S. The second kappa shape index (κ2) is 9.45. The van der Waals surface area contributed by atoms with Gasteiger partial charge in [0, 0.05) is 4.90 Å². The maximum Gasteiger partial charge on any atom is 0.0880 e. The van der Waals surface area contributed by atoms with Crippen LogP contribution in [0.1, 0.15) is 23.1 Å². The summed E-state index contributed by atoms with van der Waals surface area (Å²) in [4.78, 5) is 1.25. The van der Waals surface area contributed by atoms with Gasteiger partial charge in [-0.05, 0) is 49.1 Å². The van der Waals surface area contributed by atoms with Crippen molar-refractivity contribution in [1.29, 1.82) is 0 Å². The van der Waals surface area contributed by atoms with Gasteiger partial charge in [0.15, 0.2) is 0 Å². The molecule has 0 bridgehead atoms. The molecule has 0 radical (unpaired) electrons. The Morgan fingerprint density at radius 3 is 2.15 bits per heavy atom. The van der Waals surface area contributed by atoms with Gasteiger partial charge >= 0.3 is 0 Å². The molecule has 27 heavy (non-hydrogen) atoms. The van der Waals surface area contributed by atoms with E-state index in [-0.39, 0.29) is 0 Å². The number of hydrogen-bond donors (Lipinski definition) is 1. The van der Waals surface area contributed by atoms with E-state index >= 15 is 0 Å². The molecule has 2 atom stereocenters. The molecule has 3 rings (SSSR count). The van der Waals surface area contributed by atoms with Crippen molar-refractivity contribution in [3.05, 3.63) is 107 Å². The zero-order chi connectivity index (χ0) is 19.1. The van der Waals surface area contributed by atoms with Crippen molar-refractivity contribution in [1.82, 2.24) is 0 Å². The van der Waals surface area contributed by atoms with Gasteiger partial charge in [-0.3, -0.25) is 0 Å². The van der Waals surface area contributed by atoms with Crippen LogP contribution in [0, 0.1) is 6.92 Å². The highest BCUT2D eigenvalue weighted by molar-refractivity contribution is 7.89. The molecule has 0 saturated heterocycles. The smallest absolute Gasteiger partial charge is 0.0880 e. The van der Waals surface area contributed by atoms with Crippen molar-refractivity contribution in [3.63, 3.8) is 0 Å². The Bertz CT molecular complexity index is 900. The summed E-state index contributed by atoms with van der Waals surface area (Å²) in [6, 6.07) is 27.4. The summed E-state index contributed by atoms with van der Waals surface area (Å²) < 4.78 is 13.2. The van der Waals surface area contributed by atoms with Gasteiger partial charge in [-0.25, -0.2) is 4.21 Å². The van der Waals surface area contributed by atoms with Crippen molar-refractivity contribution < 1.29 is 9.32 Å². The third kappa shape index (κ3) is 5.49. The monoisotopic (exact) mass is 376 g/mol. The van der Waals surface area contributed by atoms with E-state index < -0.39 is 16.9 Å². The predicted molar refractivity (Wildman–Crippen MR) is 113 cm³/mol. The quantitative estimate of drug-likeness (QED) is 0.620. The zero-order valence-electron chi connectivity index (χ0n) is 15.4.